The number of carbonyl (C=O) groups excluding carboxylic acids is 2. The number of rotatable bonds is 11. The molecule has 0 radical (unpaired) electrons. The van der Waals surface area contributed by atoms with Crippen LogP contribution in [0.4, 0.5) is 5.69 Å². The molecule has 0 heterocycles. The number of carbonyl (C=O) groups is 2. The Labute approximate surface area is 175 Å². The van der Waals surface area contributed by atoms with Crippen molar-refractivity contribution in [2.75, 3.05) is 25.6 Å². The number of hydrogen-bond acceptors (Lipinski definition) is 6. The predicted octanol–water partition coefficient (Wildman–Crippen LogP) is 3.78. The van der Waals surface area contributed by atoms with E-state index < -0.39 is 5.91 Å². The second-order valence-electron chi connectivity index (χ2n) is 6.28. The van der Waals surface area contributed by atoms with E-state index in [1.54, 1.807) is 36.4 Å². The number of amides is 1. The Morgan fingerprint density at radius 1 is 1.17 bits per heavy atom. The van der Waals surface area contributed by atoms with Crippen molar-refractivity contribution in [3.8, 4) is 11.5 Å². The number of unbranched alkanes of at least 4 members (excludes halogenated alkanes) is 1. The summed E-state index contributed by atoms with van der Waals surface area (Å²) in [5.74, 6) is -0.261. The summed E-state index contributed by atoms with van der Waals surface area (Å²) in [6, 6.07) is 10.5. The topological polar surface area (TPSA) is 99.9 Å². The van der Waals surface area contributed by atoms with Gasteiger partial charge in [0.15, 0.2) is 18.1 Å². The van der Waals surface area contributed by atoms with Crippen molar-refractivity contribution in [1.29, 1.82) is 0 Å². The fourth-order valence-electron chi connectivity index (χ4n) is 2.48. The smallest absolute Gasteiger partial charge is 0.338 e. The number of hydrogen-bond donors (Lipinski definition) is 2. The van der Waals surface area contributed by atoms with E-state index in [1.807, 2.05) is 6.92 Å². The molecule has 156 valence electrons. The number of ether oxygens (including phenoxy) is 3. The van der Waals surface area contributed by atoms with E-state index in [4.69, 9.17) is 31.5 Å². The maximum Gasteiger partial charge on any atom is 0.338 e. The first kappa shape index (κ1) is 22.4. The van der Waals surface area contributed by atoms with Crippen molar-refractivity contribution in [1.82, 2.24) is 0 Å². The first-order valence-electron chi connectivity index (χ1n) is 9.23. The number of anilines is 1. The van der Waals surface area contributed by atoms with E-state index in [1.165, 1.54) is 7.11 Å². The Morgan fingerprint density at radius 3 is 2.52 bits per heavy atom. The van der Waals surface area contributed by atoms with Gasteiger partial charge < -0.3 is 25.3 Å². The summed E-state index contributed by atoms with van der Waals surface area (Å²) < 4.78 is 15.8. The van der Waals surface area contributed by atoms with Crippen molar-refractivity contribution in [3.05, 3.63) is 52.5 Å². The molecule has 0 aliphatic heterocycles. The molecule has 29 heavy (non-hydrogen) atoms. The third-order valence-corrected chi connectivity index (χ3v) is 4.28. The summed E-state index contributed by atoms with van der Waals surface area (Å²) in [5.41, 5.74) is 7.28. The quantitative estimate of drug-likeness (QED) is 0.424. The summed E-state index contributed by atoms with van der Waals surface area (Å²) >= 11 is 6.25. The molecule has 0 aromatic heterocycles. The van der Waals surface area contributed by atoms with Gasteiger partial charge in [-0.15, -0.1) is 0 Å². The number of nitrogens with two attached hydrogens (primary N) is 1. The van der Waals surface area contributed by atoms with Gasteiger partial charge in [0.2, 0.25) is 0 Å². The lowest BCUT2D eigenvalue weighted by atomic mass is 10.1. The Hall–Kier alpha value is -2.93. The summed E-state index contributed by atoms with van der Waals surface area (Å²) in [6.07, 6.45) is 1.83. The standard InChI is InChI=1S/C21H25ClN2O5/c1-3-4-9-28-21(26)15-5-7-16(8-6-15)24-12-14-10-17(22)20(18(11-14)27-2)29-13-19(23)25/h5-8,10-11,24H,3-4,9,12-13H2,1-2H3,(H2,23,25). The third-order valence-electron chi connectivity index (χ3n) is 4.00. The minimum atomic E-state index is -0.605. The number of nitrogens with one attached hydrogen (secondary N) is 1. The van der Waals surface area contributed by atoms with Crippen LogP contribution in [0.3, 0.4) is 0 Å². The lowest BCUT2D eigenvalue weighted by Gasteiger charge is -2.14. The third kappa shape index (κ3) is 6.87. The van der Waals surface area contributed by atoms with E-state index in [2.05, 4.69) is 5.32 Å². The van der Waals surface area contributed by atoms with Crippen LogP contribution in [0.25, 0.3) is 0 Å². The van der Waals surface area contributed by atoms with Crippen molar-refractivity contribution in [2.45, 2.75) is 26.3 Å². The second kappa shape index (κ2) is 11.2. The Morgan fingerprint density at radius 2 is 1.90 bits per heavy atom. The van der Waals surface area contributed by atoms with E-state index in [9.17, 15) is 9.59 Å². The van der Waals surface area contributed by atoms with E-state index >= 15 is 0 Å². The van der Waals surface area contributed by atoms with Gasteiger partial charge in [-0.3, -0.25) is 4.79 Å². The predicted molar refractivity (Wildman–Crippen MR) is 112 cm³/mol. The number of primary amides is 1. The van der Waals surface area contributed by atoms with Gasteiger partial charge in [-0.05, 0) is 48.4 Å². The van der Waals surface area contributed by atoms with Gasteiger partial charge in [0.25, 0.3) is 5.91 Å². The number of methoxy groups -OCH3 is 1. The number of esters is 1. The van der Waals surface area contributed by atoms with Crippen LogP contribution < -0.4 is 20.5 Å². The van der Waals surface area contributed by atoms with Crippen molar-refractivity contribution in [3.63, 3.8) is 0 Å². The SMILES string of the molecule is CCCCOC(=O)c1ccc(NCc2cc(Cl)c(OCC(N)=O)c(OC)c2)cc1. The molecule has 1 amide bonds. The minimum Gasteiger partial charge on any atom is -0.493 e. The maximum absolute atomic E-state index is 11.9. The average Bonchev–Trinajstić information content (AvgIpc) is 2.71. The monoisotopic (exact) mass is 420 g/mol. The average molecular weight is 421 g/mol. The molecule has 8 heteroatoms. The van der Waals surface area contributed by atoms with Gasteiger partial charge in [0.05, 0.1) is 24.3 Å². The van der Waals surface area contributed by atoms with Gasteiger partial charge in [-0.25, -0.2) is 4.79 Å². The zero-order valence-corrected chi connectivity index (χ0v) is 17.3. The lowest BCUT2D eigenvalue weighted by molar-refractivity contribution is -0.119. The fraction of sp³-hybridized carbons (Fsp3) is 0.333. The van der Waals surface area contributed by atoms with Crippen LogP contribution in [0.2, 0.25) is 5.02 Å². The molecule has 0 saturated carbocycles. The summed E-state index contributed by atoms with van der Waals surface area (Å²) in [4.78, 5) is 22.8. The first-order chi connectivity index (χ1) is 13.9. The fourth-order valence-corrected chi connectivity index (χ4v) is 2.77. The lowest BCUT2D eigenvalue weighted by Crippen LogP contribution is -2.20. The Balaban J connectivity index is 1.99. The summed E-state index contributed by atoms with van der Waals surface area (Å²) in [7, 11) is 1.48. The molecular formula is C21H25ClN2O5. The molecule has 0 saturated heterocycles. The number of halogens is 1. The van der Waals surface area contributed by atoms with Gasteiger partial charge >= 0.3 is 5.97 Å². The van der Waals surface area contributed by atoms with E-state index in [0.717, 1.165) is 24.1 Å². The molecule has 2 rings (SSSR count). The van der Waals surface area contributed by atoms with Crippen LogP contribution in [0, 0.1) is 0 Å². The Bertz CT molecular complexity index is 840. The molecule has 3 N–H and O–H groups in total. The van der Waals surface area contributed by atoms with Gasteiger partial charge in [0, 0.05) is 12.2 Å². The minimum absolute atomic E-state index is 0.266. The van der Waals surface area contributed by atoms with Crippen LogP contribution >= 0.6 is 11.6 Å². The van der Waals surface area contributed by atoms with Crippen molar-refractivity contribution in [2.24, 2.45) is 5.73 Å². The largest absolute Gasteiger partial charge is 0.493 e. The summed E-state index contributed by atoms with van der Waals surface area (Å²) in [6.45, 7) is 2.64. The first-order valence-corrected chi connectivity index (χ1v) is 9.61. The van der Waals surface area contributed by atoms with Gasteiger partial charge in [0.1, 0.15) is 0 Å². The molecular weight excluding hydrogens is 396 g/mol. The van der Waals surface area contributed by atoms with Crippen LogP contribution in [-0.2, 0) is 16.1 Å². The highest BCUT2D eigenvalue weighted by molar-refractivity contribution is 6.32. The van der Waals surface area contributed by atoms with Crippen LogP contribution in [0.1, 0.15) is 35.7 Å². The molecule has 0 aliphatic carbocycles. The van der Waals surface area contributed by atoms with E-state index in [-0.39, 0.29) is 18.3 Å². The molecule has 7 nitrogen and oxygen atoms in total. The van der Waals surface area contributed by atoms with Crippen molar-refractivity contribution < 1.29 is 23.8 Å². The molecule has 0 fully saturated rings. The molecule has 0 spiro atoms. The zero-order valence-electron chi connectivity index (χ0n) is 16.5. The van der Waals surface area contributed by atoms with Crippen LogP contribution in [-0.4, -0.2) is 32.2 Å². The van der Waals surface area contributed by atoms with Crippen LogP contribution in [0.15, 0.2) is 36.4 Å². The highest BCUT2D eigenvalue weighted by Gasteiger charge is 2.13. The maximum atomic E-state index is 11.9. The van der Waals surface area contributed by atoms with Gasteiger partial charge in [-0.2, -0.15) is 0 Å². The summed E-state index contributed by atoms with van der Waals surface area (Å²) in [5, 5.41) is 3.56. The molecule has 0 aliphatic rings. The molecule has 2 aromatic rings. The normalized spacial score (nSPS) is 10.3. The zero-order chi connectivity index (χ0) is 21.2. The van der Waals surface area contributed by atoms with Crippen molar-refractivity contribution >= 4 is 29.2 Å². The molecule has 0 atom stereocenters. The highest BCUT2D eigenvalue weighted by atomic mass is 35.5. The molecule has 0 unspecified atom stereocenters. The van der Waals surface area contributed by atoms with E-state index in [0.29, 0.717) is 29.5 Å². The Kier molecular flexibility index (Phi) is 8.61. The molecule has 2 aromatic carbocycles. The molecule has 0 bridgehead atoms. The second-order valence-corrected chi connectivity index (χ2v) is 6.69. The number of benzene rings is 2. The highest BCUT2D eigenvalue weighted by Crippen LogP contribution is 2.36. The van der Waals surface area contributed by atoms with Gasteiger partial charge in [-0.1, -0.05) is 24.9 Å². The van der Waals surface area contributed by atoms with Crippen LogP contribution in [0.5, 0.6) is 11.5 Å².